The lowest BCUT2D eigenvalue weighted by Crippen LogP contribution is -2.45. The average Bonchev–Trinajstić information content (AvgIpc) is 3.06. The van der Waals surface area contributed by atoms with Gasteiger partial charge in [0, 0.05) is 20.1 Å². The fourth-order valence-electron chi connectivity index (χ4n) is 4.32. The van der Waals surface area contributed by atoms with Gasteiger partial charge in [-0.25, -0.2) is 4.79 Å². The summed E-state index contributed by atoms with van der Waals surface area (Å²) >= 11 is 0. The van der Waals surface area contributed by atoms with Crippen molar-refractivity contribution in [3.63, 3.8) is 0 Å². The maximum Gasteiger partial charge on any atom is 0.322 e. The highest BCUT2D eigenvalue weighted by Gasteiger charge is 2.42. The van der Waals surface area contributed by atoms with Gasteiger partial charge in [0.2, 0.25) is 0 Å². The van der Waals surface area contributed by atoms with E-state index in [2.05, 4.69) is 10.2 Å². The zero-order chi connectivity index (χ0) is 19.7. The SMILES string of the molecule is COc1cccc([C@H]2NC(=O)N(C)C3=C2C(=O)N(CCN2CCCCC2)C3)c1. The van der Waals surface area contributed by atoms with Crippen LogP contribution >= 0.6 is 0 Å². The van der Waals surface area contributed by atoms with Gasteiger partial charge in [-0.15, -0.1) is 0 Å². The van der Waals surface area contributed by atoms with E-state index in [9.17, 15) is 9.59 Å². The molecule has 1 aromatic rings. The molecule has 0 unspecified atom stereocenters. The topological polar surface area (TPSA) is 65.1 Å². The van der Waals surface area contributed by atoms with Crippen molar-refractivity contribution in [3.8, 4) is 5.75 Å². The van der Waals surface area contributed by atoms with Crippen LogP contribution in [0.3, 0.4) is 0 Å². The fraction of sp³-hybridized carbons (Fsp3) is 0.524. The molecule has 3 heterocycles. The molecule has 0 bridgehead atoms. The molecule has 7 nitrogen and oxygen atoms in total. The molecule has 0 radical (unpaired) electrons. The van der Waals surface area contributed by atoms with Gasteiger partial charge in [0.15, 0.2) is 0 Å². The van der Waals surface area contributed by atoms with E-state index >= 15 is 0 Å². The standard InChI is InChI=1S/C21H28N4O3/c1-23-17-14-25(12-11-24-9-4-3-5-10-24)20(26)18(17)19(22-21(23)27)15-7-6-8-16(13-15)28-2/h6-8,13,19H,3-5,9-12,14H2,1-2H3,(H,22,27)/t19-/m1/s1. The summed E-state index contributed by atoms with van der Waals surface area (Å²) in [5, 5.41) is 2.98. The maximum absolute atomic E-state index is 13.2. The number of hydrogen-bond donors (Lipinski definition) is 1. The number of carbonyl (C=O) groups is 2. The van der Waals surface area contributed by atoms with Crippen molar-refractivity contribution in [1.29, 1.82) is 0 Å². The summed E-state index contributed by atoms with van der Waals surface area (Å²) in [5.41, 5.74) is 2.34. The highest BCUT2D eigenvalue weighted by molar-refractivity contribution is 6.01. The number of nitrogens with zero attached hydrogens (tertiary/aromatic N) is 3. The number of urea groups is 1. The van der Waals surface area contributed by atoms with Gasteiger partial charge in [0.05, 0.1) is 31.0 Å². The van der Waals surface area contributed by atoms with Crippen molar-refractivity contribution in [1.82, 2.24) is 20.0 Å². The summed E-state index contributed by atoms with van der Waals surface area (Å²) in [5.74, 6) is 0.729. The minimum absolute atomic E-state index is 0.0201. The molecule has 1 atom stereocenters. The summed E-state index contributed by atoms with van der Waals surface area (Å²) in [6, 6.07) is 6.92. The predicted octanol–water partition coefficient (Wildman–Crippen LogP) is 1.97. The van der Waals surface area contributed by atoms with Gasteiger partial charge in [-0.3, -0.25) is 9.69 Å². The lowest BCUT2D eigenvalue weighted by Gasteiger charge is -2.31. The van der Waals surface area contributed by atoms with Crippen molar-refractivity contribution in [2.75, 3.05) is 46.9 Å². The monoisotopic (exact) mass is 384 g/mol. The number of carbonyl (C=O) groups excluding carboxylic acids is 2. The Morgan fingerprint density at radius 2 is 1.93 bits per heavy atom. The smallest absolute Gasteiger partial charge is 0.322 e. The largest absolute Gasteiger partial charge is 0.497 e. The molecular weight excluding hydrogens is 356 g/mol. The van der Waals surface area contributed by atoms with Crippen LogP contribution in [0.4, 0.5) is 4.79 Å². The van der Waals surface area contributed by atoms with Gasteiger partial charge in [-0.2, -0.15) is 0 Å². The number of likely N-dealkylation sites (N-methyl/N-ethyl adjacent to an activating group) is 1. The van der Waals surface area contributed by atoms with Crippen LogP contribution in [0.25, 0.3) is 0 Å². The number of methoxy groups -OCH3 is 1. The number of nitrogens with one attached hydrogen (secondary N) is 1. The first-order valence-electron chi connectivity index (χ1n) is 10.0. The second kappa shape index (κ2) is 7.83. The summed E-state index contributed by atoms with van der Waals surface area (Å²) in [6.07, 6.45) is 3.78. The van der Waals surface area contributed by atoms with E-state index in [1.165, 1.54) is 19.3 Å². The molecule has 0 saturated carbocycles. The first kappa shape index (κ1) is 18.8. The van der Waals surface area contributed by atoms with E-state index in [1.54, 1.807) is 19.1 Å². The van der Waals surface area contributed by atoms with Crippen LogP contribution in [0.5, 0.6) is 5.75 Å². The summed E-state index contributed by atoms with van der Waals surface area (Å²) in [6.45, 7) is 4.30. The zero-order valence-electron chi connectivity index (χ0n) is 16.6. The molecule has 1 N–H and O–H groups in total. The second-order valence-corrected chi connectivity index (χ2v) is 7.71. The fourth-order valence-corrected chi connectivity index (χ4v) is 4.32. The number of likely N-dealkylation sites (tertiary alicyclic amines) is 1. The zero-order valence-corrected chi connectivity index (χ0v) is 16.6. The number of rotatable bonds is 5. The van der Waals surface area contributed by atoms with Crippen molar-refractivity contribution in [2.45, 2.75) is 25.3 Å². The van der Waals surface area contributed by atoms with E-state index in [0.29, 0.717) is 24.4 Å². The molecule has 0 spiro atoms. The molecule has 4 rings (SSSR count). The molecule has 1 fully saturated rings. The molecule has 28 heavy (non-hydrogen) atoms. The Labute approximate surface area is 165 Å². The van der Waals surface area contributed by atoms with Gasteiger partial charge in [-0.05, 0) is 43.6 Å². The Balaban J connectivity index is 1.55. The molecular formula is C21H28N4O3. The Kier molecular flexibility index (Phi) is 5.26. The second-order valence-electron chi connectivity index (χ2n) is 7.71. The van der Waals surface area contributed by atoms with Crippen LogP contribution < -0.4 is 10.1 Å². The van der Waals surface area contributed by atoms with E-state index in [1.807, 2.05) is 29.2 Å². The molecule has 3 aliphatic rings. The summed E-state index contributed by atoms with van der Waals surface area (Å²) in [4.78, 5) is 31.6. The quantitative estimate of drug-likeness (QED) is 0.843. The normalized spacial score (nSPS) is 23.1. The Morgan fingerprint density at radius 3 is 2.68 bits per heavy atom. The molecule has 1 saturated heterocycles. The number of ether oxygens (including phenoxy) is 1. The third-order valence-electron chi connectivity index (χ3n) is 6.00. The third kappa shape index (κ3) is 3.46. The van der Waals surface area contributed by atoms with E-state index < -0.39 is 6.04 Å². The Bertz CT molecular complexity index is 801. The molecule has 150 valence electrons. The minimum atomic E-state index is -0.443. The van der Waals surface area contributed by atoms with Crippen LogP contribution in [0.2, 0.25) is 0 Å². The van der Waals surface area contributed by atoms with Crippen LogP contribution in [0.1, 0.15) is 30.9 Å². The molecule has 0 aromatic heterocycles. The number of hydrogen-bond acceptors (Lipinski definition) is 4. The van der Waals surface area contributed by atoms with E-state index in [-0.39, 0.29) is 11.9 Å². The van der Waals surface area contributed by atoms with E-state index in [0.717, 1.165) is 30.9 Å². The molecule has 0 aliphatic carbocycles. The van der Waals surface area contributed by atoms with Crippen LogP contribution in [0.15, 0.2) is 35.5 Å². The lowest BCUT2D eigenvalue weighted by atomic mass is 9.95. The highest BCUT2D eigenvalue weighted by Crippen LogP contribution is 2.36. The maximum atomic E-state index is 13.2. The lowest BCUT2D eigenvalue weighted by molar-refractivity contribution is -0.126. The van der Waals surface area contributed by atoms with Gasteiger partial charge < -0.3 is 19.9 Å². The third-order valence-corrected chi connectivity index (χ3v) is 6.00. The van der Waals surface area contributed by atoms with Crippen molar-refractivity contribution < 1.29 is 14.3 Å². The Morgan fingerprint density at radius 1 is 1.14 bits per heavy atom. The van der Waals surface area contributed by atoms with Gasteiger partial charge >= 0.3 is 6.03 Å². The first-order valence-corrected chi connectivity index (χ1v) is 10.0. The molecule has 7 heteroatoms. The van der Waals surface area contributed by atoms with Crippen molar-refractivity contribution >= 4 is 11.9 Å². The first-order chi connectivity index (χ1) is 13.6. The van der Waals surface area contributed by atoms with Crippen molar-refractivity contribution in [2.24, 2.45) is 0 Å². The Hall–Kier alpha value is -2.54. The number of amides is 3. The minimum Gasteiger partial charge on any atom is -0.497 e. The van der Waals surface area contributed by atoms with Gasteiger partial charge in [0.1, 0.15) is 5.75 Å². The van der Waals surface area contributed by atoms with Crippen LogP contribution in [-0.2, 0) is 4.79 Å². The van der Waals surface area contributed by atoms with Gasteiger partial charge in [0.25, 0.3) is 5.91 Å². The number of benzene rings is 1. The molecule has 1 aromatic carbocycles. The number of piperidine rings is 1. The molecule has 3 aliphatic heterocycles. The van der Waals surface area contributed by atoms with E-state index in [4.69, 9.17) is 4.74 Å². The highest BCUT2D eigenvalue weighted by atomic mass is 16.5. The molecule has 3 amide bonds. The van der Waals surface area contributed by atoms with Crippen molar-refractivity contribution in [3.05, 3.63) is 41.1 Å². The van der Waals surface area contributed by atoms with Gasteiger partial charge in [-0.1, -0.05) is 18.6 Å². The predicted molar refractivity (Wildman–Crippen MR) is 106 cm³/mol. The average molecular weight is 384 g/mol. The van der Waals surface area contributed by atoms with Crippen LogP contribution in [0, 0.1) is 0 Å². The van der Waals surface area contributed by atoms with Crippen LogP contribution in [-0.4, -0.2) is 73.5 Å². The summed E-state index contributed by atoms with van der Waals surface area (Å²) in [7, 11) is 3.34. The summed E-state index contributed by atoms with van der Waals surface area (Å²) < 4.78 is 5.32.